The summed E-state index contributed by atoms with van der Waals surface area (Å²) in [6, 6.07) is 11.5. The first-order chi connectivity index (χ1) is 9.06. The molecule has 2 rings (SSSR count). The Bertz CT molecular complexity index is 599. The smallest absolute Gasteiger partial charge is 0.175 e. The van der Waals surface area contributed by atoms with Crippen molar-refractivity contribution in [3.8, 4) is 0 Å². The van der Waals surface area contributed by atoms with Crippen LogP contribution in [-0.2, 0) is 0 Å². The summed E-state index contributed by atoms with van der Waals surface area (Å²) in [7, 11) is 0. The molecular formula is C14H12ClFN2S. The number of rotatable bonds is 2. The van der Waals surface area contributed by atoms with E-state index in [0.29, 0.717) is 10.1 Å². The highest BCUT2D eigenvalue weighted by Crippen LogP contribution is 2.23. The van der Waals surface area contributed by atoms with Crippen LogP contribution in [0.3, 0.4) is 0 Å². The zero-order valence-electron chi connectivity index (χ0n) is 10.2. The van der Waals surface area contributed by atoms with Crippen molar-refractivity contribution >= 4 is 40.3 Å². The van der Waals surface area contributed by atoms with Gasteiger partial charge in [0.05, 0.1) is 0 Å². The van der Waals surface area contributed by atoms with E-state index in [2.05, 4.69) is 10.6 Å². The Kier molecular flexibility index (Phi) is 4.35. The Morgan fingerprint density at radius 3 is 2.47 bits per heavy atom. The van der Waals surface area contributed by atoms with Crippen molar-refractivity contribution in [3.05, 3.63) is 58.9 Å². The molecule has 0 amide bonds. The van der Waals surface area contributed by atoms with Crippen molar-refractivity contribution in [2.45, 2.75) is 6.92 Å². The third kappa shape index (κ3) is 3.66. The van der Waals surface area contributed by atoms with Crippen molar-refractivity contribution in [2.24, 2.45) is 0 Å². The predicted octanol–water partition coefficient (Wildman–Crippen LogP) is 4.60. The normalized spacial score (nSPS) is 10.1. The topological polar surface area (TPSA) is 24.1 Å². The van der Waals surface area contributed by atoms with Gasteiger partial charge in [-0.1, -0.05) is 17.7 Å². The van der Waals surface area contributed by atoms with Crippen LogP contribution >= 0.6 is 23.8 Å². The zero-order valence-corrected chi connectivity index (χ0v) is 11.8. The number of nitrogens with one attached hydrogen (secondary N) is 2. The lowest BCUT2D eigenvalue weighted by molar-refractivity contribution is 0.628. The van der Waals surface area contributed by atoms with Gasteiger partial charge in [-0.15, -0.1) is 0 Å². The Labute approximate surface area is 121 Å². The maximum Gasteiger partial charge on any atom is 0.175 e. The molecule has 0 saturated carbocycles. The monoisotopic (exact) mass is 294 g/mol. The van der Waals surface area contributed by atoms with Crippen molar-refractivity contribution in [2.75, 3.05) is 10.6 Å². The molecule has 2 aromatic carbocycles. The van der Waals surface area contributed by atoms with E-state index < -0.39 is 0 Å². The first-order valence-corrected chi connectivity index (χ1v) is 6.43. The van der Waals surface area contributed by atoms with Gasteiger partial charge in [-0.25, -0.2) is 4.39 Å². The SMILES string of the molecule is Cc1c(Cl)cccc1NC(=S)Nc1ccc(F)cc1. The predicted molar refractivity (Wildman–Crippen MR) is 82.4 cm³/mol. The molecule has 0 aromatic heterocycles. The molecule has 0 unspecified atom stereocenters. The van der Waals surface area contributed by atoms with E-state index in [1.54, 1.807) is 12.1 Å². The second-order valence-corrected chi connectivity index (χ2v) is 4.81. The molecule has 19 heavy (non-hydrogen) atoms. The summed E-state index contributed by atoms with van der Waals surface area (Å²) >= 11 is 11.2. The average molecular weight is 295 g/mol. The second-order valence-electron chi connectivity index (χ2n) is 4.00. The van der Waals surface area contributed by atoms with Crippen molar-refractivity contribution in [3.63, 3.8) is 0 Å². The van der Waals surface area contributed by atoms with Gasteiger partial charge in [-0.3, -0.25) is 0 Å². The lowest BCUT2D eigenvalue weighted by Crippen LogP contribution is -2.19. The third-order valence-corrected chi connectivity index (χ3v) is 3.23. The van der Waals surface area contributed by atoms with E-state index >= 15 is 0 Å². The first-order valence-electron chi connectivity index (χ1n) is 5.65. The zero-order chi connectivity index (χ0) is 13.8. The maximum atomic E-state index is 12.8. The molecule has 0 saturated heterocycles. The van der Waals surface area contributed by atoms with Crippen LogP contribution < -0.4 is 10.6 Å². The van der Waals surface area contributed by atoms with Crippen LogP contribution in [0.25, 0.3) is 0 Å². The largest absolute Gasteiger partial charge is 0.332 e. The summed E-state index contributed by atoms with van der Waals surface area (Å²) in [5.74, 6) is -0.282. The van der Waals surface area contributed by atoms with E-state index in [4.69, 9.17) is 23.8 Å². The molecule has 0 aliphatic rings. The summed E-state index contributed by atoms with van der Waals surface area (Å²) in [4.78, 5) is 0. The molecule has 0 atom stereocenters. The van der Waals surface area contributed by atoms with Crippen LogP contribution in [0.15, 0.2) is 42.5 Å². The van der Waals surface area contributed by atoms with Crippen molar-refractivity contribution < 1.29 is 4.39 Å². The lowest BCUT2D eigenvalue weighted by atomic mass is 10.2. The van der Waals surface area contributed by atoms with E-state index in [-0.39, 0.29) is 5.82 Å². The lowest BCUT2D eigenvalue weighted by Gasteiger charge is -2.13. The molecule has 0 radical (unpaired) electrons. The molecule has 0 aliphatic carbocycles. The number of hydrogen-bond donors (Lipinski definition) is 2. The minimum Gasteiger partial charge on any atom is -0.332 e. The fraction of sp³-hybridized carbons (Fsp3) is 0.0714. The first kappa shape index (κ1) is 13.8. The molecule has 0 heterocycles. The fourth-order valence-electron chi connectivity index (χ4n) is 1.56. The quantitative estimate of drug-likeness (QED) is 0.792. The Balaban J connectivity index is 2.05. The number of thiocarbonyl (C=S) groups is 1. The average Bonchev–Trinajstić information content (AvgIpc) is 2.38. The van der Waals surface area contributed by atoms with Gasteiger partial charge in [-0.05, 0) is 61.1 Å². The Morgan fingerprint density at radius 2 is 1.79 bits per heavy atom. The van der Waals surface area contributed by atoms with Crippen LogP contribution in [0.5, 0.6) is 0 Å². The van der Waals surface area contributed by atoms with Gasteiger partial charge >= 0.3 is 0 Å². The van der Waals surface area contributed by atoms with Gasteiger partial charge in [0, 0.05) is 16.4 Å². The van der Waals surface area contributed by atoms with Gasteiger partial charge in [0.25, 0.3) is 0 Å². The van der Waals surface area contributed by atoms with Crippen LogP contribution in [0.2, 0.25) is 5.02 Å². The van der Waals surface area contributed by atoms with Gasteiger partial charge in [0.15, 0.2) is 5.11 Å². The molecule has 0 fully saturated rings. The van der Waals surface area contributed by atoms with E-state index in [0.717, 1.165) is 16.9 Å². The highest BCUT2D eigenvalue weighted by atomic mass is 35.5. The van der Waals surface area contributed by atoms with E-state index in [1.807, 2.05) is 25.1 Å². The maximum absolute atomic E-state index is 12.8. The minimum atomic E-state index is -0.282. The number of anilines is 2. The highest BCUT2D eigenvalue weighted by Gasteiger charge is 2.04. The molecular weight excluding hydrogens is 283 g/mol. The fourth-order valence-corrected chi connectivity index (χ4v) is 1.96. The van der Waals surface area contributed by atoms with Gasteiger partial charge in [0.2, 0.25) is 0 Å². The molecule has 0 spiro atoms. The molecule has 2 N–H and O–H groups in total. The highest BCUT2D eigenvalue weighted by molar-refractivity contribution is 7.80. The number of hydrogen-bond acceptors (Lipinski definition) is 1. The minimum absolute atomic E-state index is 0.282. The van der Waals surface area contributed by atoms with Crippen molar-refractivity contribution in [1.82, 2.24) is 0 Å². The van der Waals surface area contributed by atoms with Crippen LogP contribution in [0.4, 0.5) is 15.8 Å². The molecule has 0 aliphatic heterocycles. The summed E-state index contributed by atoms with van der Waals surface area (Å²) in [6.45, 7) is 1.91. The molecule has 2 nitrogen and oxygen atoms in total. The molecule has 98 valence electrons. The van der Waals surface area contributed by atoms with Gasteiger partial charge in [-0.2, -0.15) is 0 Å². The number of halogens is 2. The van der Waals surface area contributed by atoms with E-state index in [9.17, 15) is 4.39 Å². The summed E-state index contributed by atoms with van der Waals surface area (Å²) in [5.41, 5.74) is 2.48. The number of benzene rings is 2. The Hall–Kier alpha value is -1.65. The van der Waals surface area contributed by atoms with Crippen molar-refractivity contribution in [1.29, 1.82) is 0 Å². The summed E-state index contributed by atoms with van der Waals surface area (Å²) in [6.07, 6.45) is 0. The van der Waals surface area contributed by atoms with E-state index in [1.165, 1.54) is 12.1 Å². The van der Waals surface area contributed by atoms with Crippen LogP contribution in [-0.4, -0.2) is 5.11 Å². The van der Waals surface area contributed by atoms with Crippen LogP contribution in [0.1, 0.15) is 5.56 Å². The third-order valence-electron chi connectivity index (χ3n) is 2.62. The van der Waals surface area contributed by atoms with Gasteiger partial charge in [0.1, 0.15) is 5.82 Å². The Morgan fingerprint density at radius 1 is 1.11 bits per heavy atom. The standard InChI is InChI=1S/C14H12ClFN2S/c1-9-12(15)3-2-4-13(9)18-14(19)17-11-7-5-10(16)6-8-11/h2-8H,1H3,(H2,17,18,19). The summed E-state index contributed by atoms with van der Waals surface area (Å²) < 4.78 is 12.8. The molecule has 5 heteroatoms. The van der Waals surface area contributed by atoms with Gasteiger partial charge < -0.3 is 10.6 Å². The molecule has 2 aromatic rings. The van der Waals surface area contributed by atoms with Crippen LogP contribution in [0, 0.1) is 12.7 Å². The molecule has 0 bridgehead atoms. The second kappa shape index (κ2) is 5.99. The summed E-state index contributed by atoms with van der Waals surface area (Å²) in [5, 5.41) is 7.13.